The topological polar surface area (TPSA) is 69.6 Å². The van der Waals surface area contributed by atoms with Gasteiger partial charge in [-0.25, -0.2) is 4.68 Å². The Bertz CT molecular complexity index is 564. The summed E-state index contributed by atoms with van der Waals surface area (Å²) >= 11 is 6.21. The molecule has 0 aliphatic carbocycles. The number of hydrogen-bond donors (Lipinski definition) is 1. The molecular formula is C13H18ClN5. The van der Waals surface area contributed by atoms with Crippen LogP contribution in [0.2, 0.25) is 5.02 Å². The van der Waals surface area contributed by atoms with E-state index in [2.05, 4.69) is 36.3 Å². The molecule has 102 valence electrons. The lowest BCUT2D eigenvalue weighted by Gasteiger charge is -2.16. The number of nitrogen functional groups attached to an aromatic ring is 1. The van der Waals surface area contributed by atoms with Crippen LogP contribution in [0.25, 0.3) is 11.4 Å². The summed E-state index contributed by atoms with van der Waals surface area (Å²) in [7, 11) is 0. The second kappa shape index (κ2) is 5.57. The van der Waals surface area contributed by atoms with Crippen LogP contribution < -0.4 is 5.73 Å². The van der Waals surface area contributed by atoms with Crippen LogP contribution in [-0.2, 0) is 0 Å². The van der Waals surface area contributed by atoms with Gasteiger partial charge in [-0.1, -0.05) is 25.4 Å². The summed E-state index contributed by atoms with van der Waals surface area (Å²) in [5.74, 6) is 1.26. The Balaban J connectivity index is 2.38. The zero-order valence-corrected chi connectivity index (χ0v) is 12.1. The molecule has 0 radical (unpaired) electrons. The minimum absolute atomic E-state index is 0.221. The van der Waals surface area contributed by atoms with Crippen LogP contribution in [0.1, 0.15) is 33.2 Å². The Morgan fingerprint density at radius 2 is 2.05 bits per heavy atom. The van der Waals surface area contributed by atoms with E-state index in [4.69, 9.17) is 17.3 Å². The fourth-order valence-corrected chi connectivity index (χ4v) is 2.44. The third kappa shape index (κ3) is 3.04. The van der Waals surface area contributed by atoms with Crippen molar-refractivity contribution in [1.29, 1.82) is 0 Å². The number of tetrazole rings is 1. The van der Waals surface area contributed by atoms with Gasteiger partial charge in [0.15, 0.2) is 5.82 Å². The van der Waals surface area contributed by atoms with Crippen LogP contribution in [0.4, 0.5) is 5.69 Å². The molecule has 2 rings (SSSR count). The first-order valence-electron chi connectivity index (χ1n) is 6.32. The first-order chi connectivity index (χ1) is 8.99. The van der Waals surface area contributed by atoms with E-state index < -0.39 is 0 Å². The van der Waals surface area contributed by atoms with E-state index in [1.165, 1.54) is 0 Å². The van der Waals surface area contributed by atoms with E-state index in [1.807, 2.05) is 10.7 Å². The zero-order chi connectivity index (χ0) is 14.0. The second-order valence-corrected chi connectivity index (χ2v) is 5.57. The molecule has 2 aromatic rings. The Hall–Kier alpha value is -1.62. The van der Waals surface area contributed by atoms with E-state index in [0.29, 0.717) is 22.5 Å². The van der Waals surface area contributed by atoms with E-state index in [-0.39, 0.29) is 6.04 Å². The van der Waals surface area contributed by atoms with Gasteiger partial charge in [-0.05, 0) is 47.9 Å². The molecule has 6 heteroatoms. The monoisotopic (exact) mass is 279 g/mol. The van der Waals surface area contributed by atoms with Crippen LogP contribution >= 0.6 is 11.6 Å². The van der Waals surface area contributed by atoms with Gasteiger partial charge in [0.05, 0.1) is 11.1 Å². The largest absolute Gasteiger partial charge is 0.399 e. The molecule has 0 aliphatic rings. The van der Waals surface area contributed by atoms with Gasteiger partial charge >= 0.3 is 0 Å². The van der Waals surface area contributed by atoms with Gasteiger partial charge in [0.2, 0.25) is 0 Å². The fraction of sp³-hybridized carbons (Fsp3) is 0.462. The van der Waals surface area contributed by atoms with E-state index in [0.717, 1.165) is 12.0 Å². The van der Waals surface area contributed by atoms with Crippen molar-refractivity contribution in [2.24, 2.45) is 5.92 Å². The minimum Gasteiger partial charge on any atom is -0.399 e. The fourth-order valence-electron chi connectivity index (χ4n) is 2.16. The number of aromatic nitrogens is 4. The highest BCUT2D eigenvalue weighted by molar-refractivity contribution is 6.33. The maximum Gasteiger partial charge on any atom is 0.183 e. The van der Waals surface area contributed by atoms with Crippen LogP contribution in [-0.4, -0.2) is 20.2 Å². The lowest BCUT2D eigenvalue weighted by atomic mass is 10.1. The third-order valence-electron chi connectivity index (χ3n) is 2.96. The molecule has 1 aromatic carbocycles. The van der Waals surface area contributed by atoms with Gasteiger partial charge in [-0.3, -0.25) is 0 Å². The van der Waals surface area contributed by atoms with Crippen molar-refractivity contribution >= 4 is 17.3 Å². The number of benzene rings is 1. The van der Waals surface area contributed by atoms with Crippen molar-refractivity contribution in [3.05, 3.63) is 23.2 Å². The summed E-state index contributed by atoms with van der Waals surface area (Å²) in [6.07, 6.45) is 1.00. The Kier molecular flexibility index (Phi) is 4.04. The molecule has 0 fully saturated rings. The summed E-state index contributed by atoms with van der Waals surface area (Å²) in [5, 5.41) is 12.5. The van der Waals surface area contributed by atoms with Crippen molar-refractivity contribution in [2.45, 2.75) is 33.2 Å². The van der Waals surface area contributed by atoms with Crippen LogP contribution in [0.3, 0.4) is 0 Å². The van der Waals surface area contributed by atoms with Crippen molar-refractivity contribution in [2.75, 3.05) is 5.73 Å². The quantitative estimate of drug-likeness (QED) is 0.873. The average molecular weight is 280 g/mol. The molecule has 2 N–H and O–H groups in total. The van der Waals surface area contributed by atoms with E-state index >= 15 is 0 Å². The molecule has 0 saturated carbocycles. The molecule has 19 heavy (non-hydrogen) atoms. The van der Waals surface area contributed by atoms with Crippen molar-refractivity contribution < 1.29 is 0 Å². The highest BCUT2D eigenvalue weighted by atomic mass is 35.5. The van der Waals surface area contributed by atoms with Crippen molar-refractivity contribution in [3.63, 3.8) is 0 Å². The molecule has 0 saturated heterocycles. The normalized spacial score (nSPS) is 12.9. The predicted octanol–water partition coefficient (Wildman–Crippen LogP) is 3.18. The molecule has 0 aliphatic heterocycles. The molecule has 1 heterocycles. The van der Waals surface area contributed by atoms with Crippen molar-refractivity contribution in [1.82, 2.24) is 20.2 Å². The number of hydrogen-bond acceptors (Lipinski definition) is 4. The third-order valence-corrected chi connectivity index (χ3v) is 3.27. The molecule has 0 bridgehead atoms. The van der Waals surface area contributed by atoms with Crippen LogP contribution in [0.5, 0.6) is 0 Å². The first kappa shape index (κ1) is 13.8. The molecule has 1 unspecified atom stereocenters. The van der Waals surface area contributed by atoms with Gasteiger partial charge < -0.3 is 5.73 Å². The summed E-state index contributed by atoms with van der Waals surface area (Å²) < 4.78 is 1.82. The number of nitrogens with two attached hydrogens (primary N) is 1. The highest BCUT2D eigenvalue weighted by Gasteiger charge is 2.17. The summed E-state index contributed by atoms with van der Waals surface area (Å²) in [6, 6.07) is 5.58. The second-order valence-electron chi connectivity index (χ2n) is 5.16. The van der Waals surface area contributed by atoms with Crippen LogP contribution in [0, 0.1) is 5.92 Å². The first-order valence-corrected chi connectivity index (χ1v) is 6.70. The summed E-state index contributed by atoms with van der Waals surface area (Å²) in [5.41, 5.74) is 7.13. The van der Waals surface area contributed by atoms with Gasteiger partial charge in [0.1, 0.15) is 0 Å². The maximum atomic E-state index is 6.21. The Morgan fingerprint density at radius 3 is 2.68 bits per heavy atom. The Labute approximate surface area is 117 Å². The van der Waals surface area contributed by atoms with Gasteiger partial charge in [-0.15, -0.1) is 5.10 Å². The number of halogens is 1. The van der Waals surface area contributed by atoms with Crippen molar-refractivity contribution in [3.8, 4) is 11.4 Å². The van der Waals surface area contributed by atoms with Gasteiger partial charge in [0, 0.05) is 11.3 Å². The van der Waals surface area contributed by atoms with Gasteiger partial charge in [0.25, 0.3) is 0 Å². The SMILES string of the molecule is CC(C)CC(C)n1nnnc1-c1ccc(N)cc1Cl. The summed E-state index contributed by atoms with van der Waals surface area (Å²) in [4.78, 5) is 0. The van der Waals surface area contributed by atoms with E-state index in [1.54, 1.807) is 12.1 Å². The summed E-state index contributed by atoms with van der Waals surface area (Å²) in [6.45, 7) is 6.46. The molecule has 5 nitrogen and oxygen atoms in total. The number of rotatable bonds is 4. The standard InChI is InChI=1S/C13H18ClN5/c1-8(2)6-9(3)19-13(16-17-18-19)11-5-4-10(15)7-12(11)14/h4-5,7-9H,6,15H2,1-3H3. The Morgan fingerprint density at radius 1 is 1.32 bits per heavy atom. The molecule has 1 atom stereocenters. The lowest BCUT2D eigenvalue weighted by Crippen LogP contribution is -2.11. The molecule has 0 amide bonds. The smallest absolute Gasteiger partial charge is 0.183 e. The predicted molar refractivity (Wildman–Crippen MR) is 76.8 cm³/mol. The average Bonchev–Trinajstić information content (AvgIpc) is 2.76. The van der Waals surface area contributed by atoms with Gasteiger partial charge in [-0.2, -0.15) is 0 Å². The molecular weight excluding hydrogens is 262 g/mol. The lowest BCUT2D eigenvalue weighted by molar-refractivity contribution is 0.394. The maximum absolute atomic E-state index is 6.21. The number of anilines is 1. The minimum atomic E-state index is 0.221. The zero-order valence-electron chi connectivity index (χ0n) is 11.3. The molecule has 1 aromatic heterocycles. The number of nitrogens with zero attached hydrogens (tertiary/aromatic N) is 4. The van der Waals surface area contributed by atoms with Crippen LogP contribution in [0.15, 0.2) is 18.2 Å². The van der Waals surface area contributed by atoms with E-state index in [9.17, 15) is 0 Å². The molecule has 0 spiro atoms. The highest BCUT2D eigenvalue weighted by Crippen LogP contribution is 2.30.